The van der Waals surface area contributed by atoms with Crippen molar-refractivity contribution in [2.24, 2.45) is 7.05 Å². The zero-order valence-corrected chi connectivity index (χ0v) is 12.3. The van der Waals surface area contributed by atoms with Gasteiger partial charge in [-0.05, 0) is 18.9 Å². The van der Waals surface area contributed by atoms with Gasteiger partial charge in [0.05, 0.1) is 17.1 Å². The van der Waals surface area contributed by atoms with E-state index in [-0.39, 0.29) is 5.75 Å². The molecule has 0 saturated heterocycles. The number of aromatic nitrogens is 2. The number of anilines is 2. The van der Waals surface area contributed by atoms with Crippen molar-refractivity contribution in [3.05, 3.63) is 41.6 Å². The van der Waals surface area contributed by atoms with Crippen molar-refractivity contribution in [2.75, 3.05) is 16.2 Å². The molecule has 0 aliphatic heterocycles. The third-order valence-corrected chi connectivity index (χ3v) is 4.27. The lowest BCUT2D eigenvalue weighted by atomic mass is 10.2. The molecule has 0 saturated carbocycles. The zero-order chi connectivity index (χ0) is 14.8. The number of aryl methyl sites for hydroxylation is 3. The van der Waals surface area contributed by atoms with Gasteiger partial charge in [-0.15, -0.1) is 0 Å². The molecule has 7 heteroatoms. The van der Waals surface area contributed by atoms with Crippen LogP contribution in [-0.4, -0.2) is 24.0 Å². The minimum atomic E-state index is -3.46. The Balaban J connectivity index is 2.08. The number of nitrogens with two attached hydrogens (primary N) is 1. The minimum absolute atomic E-state index is 0.000676. The van der Waals surface area contributed by atoms with Crippen molar-refractivity contribution < 1.29 is 8.42 Å². The van der Waals surface area contributed by atoms with E-state index in [0.717, 1.165) is 5.56 Å². The normalized spacial score (nSPS) is 11.5. The van der Waals surface area contributed by atoms with Crippen molar-refractivity contribution >= 4 is 21.5 Å². The Morgan fingerprint density at radius 1 is 1.30 bits per heavy atom. The Hall–Kier alpha value is -2.02. The van der Waals surface area contributed by atoms with Gasteiger partial charge in [-0.1, -0.05) is 30.3 Å². The number of nitrogen functional groups attached to an aromatic ring is 1. The number of sulfonamides is 1. The number of nitrogens with one attached hydrogen (secondary N) is 1. The third kappa shape index (κ3) is 3.30. The quantitative estimate of drug-likeness (QED) is 0.869. The van der Waals surface area contributed by atoms with Crippen LogP contribution in [0.3, 0.4) is 0 Å². The maximum absolute atomic E-state index is 12.1. The van der Waals surface area contributed by atoms with E-state index >= 15 is 0 Å². The highest BCUT2D eigenvalue weighted by atomic mass is 32.2. The molecule has 0 aliphatic rings. The summed E-state index contributed by atoms with van der Waals surface area (Å²) < 4.78 is 28.1. The van der Waals surface area contributed by atoms with Gasteiger partial charge in [0.15, 0.2) is 5.82 Å². The first-order chi connectivity index (χ1) is 9.39. The summed E-state index contributed by atoms with van der Waals surface area (Å²) in [5.41, 5.74) is 7.75. The van der Waals surface area contributed by atoms with Crippen molar-refractivity contribution in [1.29, 1.82) is 0 Å². The number of rotatable bonds is 5. The Morgan fingerprint density at radius 3 is 2.50 bits per heavy atom. The van der Waals surface area contributed by atoms with Crippen molar-refractivity contribution in [3.8, 4) is 0 Å². The molecule has 0 bridgehead atoms. The summed E-state index contributed by atoms with van der Waals surface area (Å²) in [6.07, 6.45) is 0.451. The molecule has 20 heavy (non-hydrogen) atoms. The summed E-state index contributed by atoms with van der Waals surface area (Å²) in [6.45, 7) is 1.73. The van der Waals surface area contributed by atoms with Crippen LogP contribution < -0.4 is 10.5 Å². The van der Waals surface area contributed by atoms with Gasteiger partial charge in [0, 0.05) is 7.05 Å². The molecule has 0 radical (unpaired) electrons. The average molecular weight is 294 g/mol. The van der Waals surface area contributed by atoms with Crippen molar-refractivity contribution in [2.45, 2.75) is 13.3 Å². The lowest BCUT2D eigenvalue weighted by Gasteiger charge is -2.09. The number of benzene rings is 1. The van der Waals surface area contributed by atoms with Crippen molar-refractivity contribution in [1.82, 2.24) is 9.78 Å². The molecule has 0 atom stereocenters. The fourth-order valence-corrected chi connectivity index (χ4v) is 3.03. The van der Waals surface area contributed by atoms with Gasteiger partial charge in [-0.2, -0.15) is 5.10 Å². The highest BCUT2D eigenvalue weighted by Gasteiger charge is 2.17. The first-order valence-electron chi connectivity index (χ1n) is 6.22. The second kappa shape index (κ2) is 5.54. The number of hydrogen-bond donors (Lipinski definition) is 2. The predicted molar refractivity (Wildman–Crippen MR) is 79.9 cm³/mol. The van der Waals surface area contributed by atoms with Gasteiger partial charge in [-0.3, -0.25) is 4.72 Å². The SMILES string of the molecule is Cc1nn(C)c(NS(=O)(=O)CCc2ccccc2)c1N. The van der Waals surface area contributed by atoms with Gasteiger partial charge < -0.3 is 5.73 Å². The van der Waals surface area contributed by atoms with Gasteiger partial charge in [0.2, 0.25) is 10.0 Å². The first-order valence-corrected chi connectivity index (χ1v) is 7.88. The molecule has 2 rings (SSSR count). The van der Waals surface area contributed by atoms with Crippen LogP contribution in [0, 0.1) is 6.92 Å². The molecule has 0 fully saturated rings. The van der Waals surface area contributed by atoms with E-state index in [1.165, 1.54) is 4.68 Å². The number of nitrogens with zero attached hydrogens (tertiary/aromatic N) is 2. The largest absolute Gasteiger partial charge is 0.394 e. The van der Waals surface area contributed by atoms with Crippen LogP contribution in [0.1, 0.15) is 11.3 Å². The summed E-state index contributed by atoms with van der Waals surface area (Å²) >= 11 is 0. The fraction of sp³-hybridized carbons (Fsp3) is 0.308. The summed E-state index contributed by atoms with van der Waals surface area (Å²) in [7, 11) is -1.80. The van der Waals surface area contributed by atoms with Gasteiger partial charge in [0.25, 0.3) is 0 Å². The average Bonchev–Trinajstić information content (AvgIpc) is 2.64. The molecule has 1 heterocycles. The highest BCUT2D eigenvalue weighted by Crippen LogP contribution is 2.22. The van der Waals surface area contributed by atoms with Crippen LogP contribution in [0.15, 0.2) is 30.3 Å². The first kappa shape index (κ1) is 14.4. The van der Waals surface area contributed by atoms with Crippen LogP contribution in [0.5, 0.6) is 0 Å². The molecule has 0 amide bonds. The molecule has 0 unspecified atom stereocenters. The van der Waals surface area contributed by atoms with Crippen molar-refractivity contribution in [3.63, 3.8) is 0 Å². The van der Waals surface area contributed by atoms with Gasteiger partial charge >= 0.3 is 0 Å². The molecule has 1 aromatic heterocycles. The lowest BCUT2D eigenvalue weighted by molar-refractivity contribution is 0.599. The molecular formula is C13H18N4O2S. The van der Waals surface area contributed by atoms with E-state index in [9.17, 15) is 8.42 Å². The molecule has 0 aliphatic carbocycles. The van der Waals surface area contributed by atoms with Crippen LogP contribution in [0.4, 0.5) is 11.5 Å². The van der Waals surface area contributed by atoms with E-state index in [4.69, 9.17) is 5.73 Å². The van der Waals surface area contributed by atoms with E-state index in [2.05, 4.69) is 9.82 Å². The molecule has 6 nitrogen and oxygen atoms in total. The van der Waals surface area contributed by atoms with Gasteiger partial charge in [-0.25, -0.2) is 13.1 Å². The summed E-state index contributed by atoms with van der Waals surface area (Å²) in [5.74, 6) is 0.316. The maximum Gasteiger partial charge on any atom is 0.234 e. The molecular weight excluding hydrogens is 276 g/mol. The predicted octanol–water partition coefficient (Wildman–Crippen LogP) is 1.30. The third-order valence-electron chi connectivity index (χ3n) is 3.02. The van der Waals surface area contributed by atoms with Crippen LogP contribution >= 0.6 is 0 Å². The molecule has 3 N–H and O–H groups in total. The summed E-state index contributed by atoms with van der Waals surface area (Å²) in [5, 5.41) is 4.08. The summed E-state index contributed by atoms with van der Waals surface area (Å²) in [4.78, 5) is 0. The van der Waals surface area contributed by atoms with E-state index < -0.39 is 10.0 Å². The molecule has 0 spiro atoms. The maximum atomic E-state index is 12.1. The molecule has 2 aromatic rings. The topological polar surface area (TPSA) is 90.0 Å². The molecule has 1 aromatic carbocycles. The monoisotopic (exact) mass is 294 g/mol. The molecule has 108 valence electrons. The van der Waals surface area contributed by atoms with E-state index in [1.807, 2.05) is 30.3 Å². The van der Waals surface area contributed by atoms with E-state index in [1.54, 1.807) is 14.0 Å². The Morgan fingerprint density at radius 2 is 1.95 bits per heavy atom. The zero-order valence-electron chi connectivity index (χ0n) is 11.5. The Bertz CT molecular complexity index is 693. The van der Waals surface area contributed by atoms with Crippen LogP contribution in [0.25, 0.3) is 0 Å². The minimum Gasteiger partial charge on any atom is -0.394 e. The fourth-order valence-electron chi connectivity index (χ4n) is 1.89. The van der Waals surface area contributed by atoms with Gasteiger partial charge in [0.1, 0.15) is 0 Å². The Labute approximate surface area is 118 Å². The number of hydrogen-bond acceptors (Lipinski definition) is 4. The second-order valence-corrected chi connectivity index (χ2v) is 6.47. The lowest BCUT2D eigenvalue weighted by Crippen LogP contribution is -2.20. The smallest absolute Gasteiger partial charge is 0.234 e. The van der Waals surface area contributed by atoms with Crippen LogP contribution in [0.2, 0.25) is 0 Å². The Kier molecular flexibility index (Phi) is 3.99. The second-order valence-electron chi connectivity index (χ2n) is 4.63. The standard InChI is InChI=1S/C13H18N4O2S/c1-10-12(14)13(17(2)15-10)16-20(18,19)9-8-11-6-4-3-5-7-11/h3-7,16H,8-9,14H2,1-2H3. The highest BCUT2D eigenvalue weighted by molar-refractivity contribution is 7.92. The summed E-state index contributed by atoms with van der Waals surface area (Å²) in [6, 6.07) is 9.47. The van der Waals surface area contributed by atoms with E-state index in [0.29, 0.717) is 23.6 Å². The van der Waals surface area contributed by atoms with Crippen LogP contribution in [-0.2, 0) is 23.5 Å².